The lowest BCUT2D eigenvalue weighted by molar-refractivity contribution is -0.384. The summed E-state index contributed by atoms with van der Waals surface area (Å²) in [5, 5.41) is 13.6. The summed E-state index contributed by atoms with van der Waals surface area (Å²) >= 11 is 0. The number of sulfonamides is 1. The molecule has 0 aromatic heterocycles. The fraction of sp³-hybridized carbons (Fsp3) is 0.0952. The topological polar surface area (TPSA) is 110 Å². The molecule has 0 fully saturated rings. The van der Waals surface area contributed by atoms with E-state index in [2.05, 4.69) is 5.32 Å². The molecule has 1 amide bonds. The summed E-state index contributed by atoms with van der Waals surface area (Å²) in [6.07, 6.45) is 0. The van der Waals surface area contributed by atoms with Crippen molar-refractivity contribution in [3.05, 3.63) is 94.5 Å². The second-order valence-electron chi connectivity index (χ2n) is 6.52. The van der Waals surface area contributed by atoms with Crippen LogP contribution in [0.1, 0.15) is 5.56 Å². The average Bonchev–Trinajstić information content (AvgIpc) is 2.72. The molecule has 0 heterocycles. The van der Waals surface area contributed by atoms with E-state index in [1.165, 1.54) is 36.4 Å². The number of nitro benzene ring substituents is 1. The number of rotatable bonds is 7. The molecule has 0 radical (unpaired) electrons. The van der Waals surface area contributed by atoms with Crippen LogP contribution in [0, 0.1) is 17.0 Å². The van der Waals surface area contributed by atoms with Gasteiger partial charge in [0.05, 0.1) is 15.5 Å². The predicted octanol–water partition coefficient (Wildman–Crippen LogP) is 3.74. The molecule has 0 aliphatic heterocycles. The Morgan fingerprint density at radius 3 is 2.27 bits per heavy atom. The van der Waals surface area contributed by atoms with Gasteiger partial charge in [0.1, 0.15) is 6.54 Å². The van der Waals surface area contributed by atoms with E-state index in [1.807, 2.05) is 13.0 Å². The molecule has 0 spiro atoms. The molecule has 0 unspecified atom stereocenters. The Labute approximate surface area is 174 Å². The van der Waals surface area contributed by atoms with E-state index >= 15 is 0 Å². The third kappa shape index (κ3) is 4.81. The molecule has 8 nitrogen and oxygen atoms in total. The molecule has 3 aromatic carbocycles. The highest BCUT2D eigenvalue weighted by atomic mass is 32.2. The van der Waals surface area contributed by atoms with Gasteiger partial charge in [0, 0.05) is 17.8 Å². The van der Waals surface area contributed by atoms with Crippen molar-refractivity contribution in [2.24, 2.45) is 0 Å². The van der Waals surface area contributed by atoms with Crippen LogP contribution in [0.3, 0.4) is 0 Å². The Morgan fingerprint density at radius 2 is 1.67 bits per heavy atom. The Kier molecular flexibility index (Phi) is 6.12. The third-order valence-corrected chi connectivity index (χ3v) is 6.06. The van der Waals surface area contributed by atoms with Crippen LogP contribution in [-0.2, 0) is 14.8 Å². The summed E-state index contributed by atoms with van der Waals surface area (Å²) in [5.41, 5.74) is 1.45. The summed E-state index contributed by atoms with van der Waals surface area (Å²) < 4.78 is 27.3. The molecule has 30 heavy (non-hydrogen) atoms. The molecule has 0 atom stereocenters. The molecule has 0 aliphatic carbocycles. The standard InChI is InChI=1S/C21H19N3O5S/c1-16-6-5-7-17(14-16)22-21(25)15-23(18-10-12-19(13-11-18)24(26)27)30(28,29)20-8-3-2-4-9-20/h2-14H,15H2,1H3,(H,22,25). The van der Waals surface area contributed by atoms with E-state index in [9.17, 15) is 23.3 Å². The summed E-state index contributed by atoms with van der Waals surface area (Å²) in [6.45, 7) is 1.38. The number of nitrogens with one attached hydrogen (secondary N) is 1. The number of aryl methyl sites for hydroxylation is 1. The quantitative estimate of drug-likeness (QED) is 0.458. The van der Waals surface area contributed by atoms with Crippen LogP contribution in [-0.4, -0.2) is 25.8 Å². The van der Waals surface area contributed by atoms with Crippen molar-refractivity contribution in [1.29, 1.82) is 0 Å². The van der Waals surface area contributed by atoms with Crippen LogP contribution >= 0.6 is 0 Å². The maximum atomic E-state index is 13.2. The largest absolute Gasteiger partial charge is 0.325 e. The Hall–Kier alpha value is -3.72. The summed E-state index contributed by atoms with van der Waals surface area (Å²) in [4.78, 5) is 23.0. The maximum Gasteiger partial charge on any atom is 0.269 e. The van der Waals surface area contributed by atoms with Crippen molar-refractivity contribution in [2.45, 2.75) is 11.8 Å². The Bertz CT molecular complexity index is 1160. The van der Waals surface area contributed by atoms with Crippen molar-refractivity contribution < 1.29 is 18.1 Å². The minimum absolute atomic E-state index is 0.00621. The number of hydrogen-bond acceptors (Lipinski definition) is 5. The van der Waals surface area contributed by atoms with Crippen molar-refractivity contribution >= 4 is 33.0 Å². The fourth-order valence-electron chi connectivity index (χ4n) is 2.83. The first-order chi connectivity index (χ1) is 14.3. The number of nitro groups is 1. The number of nitrogens with zero attached hydrogens (tertiary/aromatic N) is 2. The van der Waals surface area contributed by atoms with Crippen molar-refractivity contribution in [3.8, 4) is 0 Å². The number of carbonyl (C=O) groups excluding carboxylic acids is 1. The monoisotopic (exact) mass is 425 g/mol. The van der Waals surface area contributed by atoms with Crippen LogP contribution in [0.4, 0.5) is 17.1 Å². The first kappa shape index (κ1) is 21.0. The molecular weight excluding hydrogens is 406 g/mol. The van der Waals surface area contributed by atoms with E-state index in [0.717, 1.165) is 9.87 Å². The summed E-state index contributed by atoms with van der Waals surface area (Å²) in [6, 6.07) is 19.8. The van der Waals surface area contributed by atoms with Crippen LogP contribution in [0.5, 0.6) is 0 Å². The van der Waals surface area contributed by atoms with Gasteiger partial charge in [-0.3, -0.25) is 19.2 Å². The molecule has 154 valence electrons. The van der Waals surface area contributed by atoms with E-state index < -0.39 is 27.4 Å². The van der Waals surface area contributed by atoms with Gasteiger partial charge in [-0.1, -0.05) is 30.3 Å². The first-order valence-electron chi connectivity index (χ1n) is 8.96. The second-order valence-corrected chi connectivity index (χ2v) is 8.38. The number of amides is 1. The van der Waals surface area contributed by atoms with Crippen LogP contribution in [0.15, 0.2) is 83.8 Å². The van der Waals surface area contributed by atoms with Crippen LogP contribution in [0.2, 0.25) is 0 Å². The number of hydrogen-bond donors (Lipinski definition) is 1. The van der Waals surface area contributed by atoms with Gasteiger partial charge in [-0.2, -0.15) is 0 Å². The molecule has 3 rings (SSSR count). The van der Waals surface area contributed by atoms with Crippen molar-refractivity contribution in [3.63, 3.8) is 0 Å². The van der Waals surface area contributed by atoms with Gasteiger partial charge >= 0.3 is 0 Å². The zero-order valence-corrected chi connectivity index (χ0v) is 16.9. The zero-order valence-electron chi connectivity index (χ0n) is 16.1. The highest BCUT2D eigenvalue weighted by molar-refractivity contribution is 7.92. The molecule has 0 saturated carbocycles. The minimum Gasteiger partial charge on any atom is -0.325 e. The third-order valence-electron chi connectivity index (χ3n) is 4.27. The van der Waals surface area contributed by atoms with E-state index in [4.69, 9.17) is 0 Å². The average molecular weight is 425 g/mol. The summed E-state index contributed by atoms with van der Waals surface area (Å²) in [5.74, 6) is -0.543. The predicted molar refractivity (Wildman–Crippen MR) is 114 cm³/mol. The zero-order chi connectivity index (χ0) is 21.7. The minimum atomic E-state index is -4.08. The first-order valence-corrected chi connectivity index (χ1v) is 10.4. The number of benzene rings is 3. The summed E-state index contributed by atoms with van der Waals surface area (Å²) in [7, 11) is -4.08. The number of anilines is 2. The lowest BCUT2D eigenvalue weighted by Crippen LogP contribution is -2.38. The Morgan fingerprint density at radius 1 is 1.00 bits per heavy atom. The van der Waals surface area contributed by atoms with Gasteiger partial charge < -0.3 is 5.32 Å². The van der Waals surface area contributed by atoms with Gasteiger partial charge in [0.25, 0.3) is 15.7 Å². The lowest BCUT2D eigenvalue weighted by atomic mass is 10.2. The number of carbonyl (C=O) groups is 1. The van der Waals surface area contributed by atoms with E-state index in [1.54, 1.807) is 36.4 Å². The fourth-order valence-corrected chi connectivity index (χ4v) is 4.27. The normalized spacial score (nSPS) is 11.0. The van der Waals surface area contributed by atoms with Crippen LogP contribution < -0.4 is 9.62 Å². The molecule has 0 saturated heterocycles. The highest BCUT2D eigenvalue weighted by Crippen LogP contribution is 2.26. The highest BCUT2D eigenvalue weighted by Gasteiger charge is 2.27. The van der Waals surface area contributed by atoms with Gasteiger partial charge in [0.15, 0.2) is 0 Å². The molecule has 1 N–H and O–H groups in total. The molecule has 0 aliphatic rings. The Balaban J connectivity index is 1.95. The number of non-ortho nitro benzene ring substituents is 1. The van der Waals surface area contributed by atoms with Crippen LogP contribution in [0.25, 0.3) is 0 Å². The van der Waals surface area contributed by atoms with Gasteiger partial charge in [-0.15, -0.1) is 0 Å². The van der Waals surface area contributed by atoms with E-state index in [0.29, 0.717) is 5.69 Å². The molecule has 0 bridgehead atoms. The lowest BCUT2D eigenvalue weighted by Gasteiger charge is -2.24. The van der Waals surface area contributed by atoms with Gasteiger partial charge in [-0.25, -0.2) is 8.42 Å². The van der Waals surface area contributed by atoms with E-state index in [-0.39, 0.29) is 16.3 Å². The molecular formula is C21H19N3O5S. The maximum absolute atomic E-state index is 13.2. The van der Waals surface area contributed by atoms with Crippen molar-refractivity contribution in [2.75, 3.05) is 16.2 Å². The van der Waals surface area contributed by atoms with Crippen molar-refractivity contribution in [1.82, 2.24) is 0 Å². The molecule has 3 aromatic rings. The van der Waals surface area contributed by atoms with Gasteiger partial charge in [-0.05, 0) is 48.9 Å². The SMILES string of the molecule is Cc1cccc(NC(=O)CN(c2ccc([N+](=O)[O-])cc2)S(=O)(=O)c2ccccc2)c1. The second kappa shape index (κ2) is 8.75. The molecule has 9 heteroatoms. The smallest absolute Gasteiger partial charge is 0.269 e. The van der Waals surface area contributed by atoms with Gasteiger partial charge in [0.2, 0.25) is 5.91 Å².